The van der Waals surface area contributed by atoms with E-state index >= 15 is 0 Å². The Morgan fingerprint density at radius 3 is 2.68 bits per heavy atom. The fraction of sp³-hybridized carbons (Fsp3) is 0.476. The lowest BCUT2D eigenvalue weighted by atomic mass is 9.97. The first-order valence-electron chi connectivity index (χ1n) is 9.03. The molecule has 2 aromatic rings. The van der Waals surface area contributed by atoms with Crippen molar-refractivity contribution in [3.05, 3.63) is 59.4 Å². The van der Waals surface area contributed by atoms with Gasteiger partial charge in [-0.15, -0.1) is 0 Å². The van der Waals surface area contributed by atoms with E-state index in [9.17, 15) is 9.90 Å². The molecule has 1 N–H and O–H groups in total. The molecular formula is C21H28N2O2. The Hall–Kier alpha value is -2.07. The molecule has 0 radical (unpaired) electrons. The Morgan fingerprint density at radius 1 is 1.24 bits per heavy atom. The highest BCUT2D eigenvalue weighted by atomic mass is 16.3. The summed E-state index contributed by atoms with van der Waals surface area (Å²) in [6.45, 7) is 8.11. The van der Waals surface area contributed by atoms with Gasteiger partial charge in [-0.05, 0) is 56.7 Å². The van der Waals surface area contributed by atoms with E-state index in [1.807, 2.05) is 35.5 Å². The van der Waals surface area contributed by atoms with E-state index in [1.54, 1.807) is 0 Å². The highest BCUT2D eigenvalue weighted by Crippen LogP contribution is 2.24. The van der Waals surface area contributed by atoms with Gasteiger partial charge < -0.3 is 14.6 Å². The standard InChI is InChI=1S/C21H28N2O2/c1-21(2,3)23-10-8-19(14-23)20(25)22-9-7-17(13-22)11-16-5-4-6-18(12-16)15-24/h4-6,8,10,12,14,17,24H,7,9,11,13,15H2,1-3H3. The van der Waals surface area contributed by atoms with Gasteiger partial charge in [-0.2, -0.15) is 0 Å². The van der Waals surface area contributed by atoms with Crippen LogP contribution in [0.3, 0.4) is 0 Å². The minimum atomic E-state index is -0.0101. The third-order valence-corrected chi connectivity index (χ3v) is 4.99. The van der Waals surface area contributed by atoms with Crippen LogP contribution in [-0.2, 0) is 18.6 Å². The van der Waals surface area contributed by atoms with Crippen LogP contribution in [-0.4, -0.2) is 33.6 Å². The zero-order chi connectivity index (χ0) is 18.0. The molecule has 1 aliphatic rings. The molecule has 1 amide bonds. The molecular weight excluding hydrogens is 312 g/mol. The number of carbonyl (C=O) groups excluding carboxylic acids is 1. The van der Waals surface area contributed by atoms with E-state index < -0.39 is 0 Å². The van der Waals surface area contributed by atoms with Crippen LogP contribution in [0.25, 0.3) is 0 Å². The lowest BCUT2D eigenvalue weighted by Crippen LogP contribution is -2.29. The van der Waals surface area contributed by atoms with Crippen molar-refractivity contribution in [3.8, 4) is 0 Å². The van der Waals surface area contributed by atoms with E-state index in [1.165, 1.54) is 5.56 Å². The molecule has 2 heterocycles. The Bertz CT molecular complexity index is 742. The van der Waals surface area contributed by atoms with Crippen molar-refractivity contribution in [2.45, 2.75) is 45.8 Å². The van der Waals surface area contributed by atoms with Crippen LogP contribution in [0, 0.1) is 5.92 Å². The second-order valence-electron chi connectivity index (χ2n) is 8.07. The Morgan fingerprint density at radius 2 is 2.00 bits per heavy atom. The van der Waals surface area contributed by atoms with Crippen LogP contribution in [0.1, 0.15) is 48.7 Å². The highest BCUT2D eigenvalue weighted by molar-refractivity contribution is 5.94. The number of likely N-dealkylation sites (tertiary alicyclic amines) is 1. The van der Waals surface area contributed by atoms with Gasteiger partial charge in [0.15, 0.2) is 0 Å². The molecule has 1 fully saturated rings. The van der Waals surface area contributed by atoms with Gasteiger partial charge in [0.1, 0.15) is 0 Å². The lowest BCUT2D eigenvalue weighted by molar-refractivity contribution is 0.0787. The first-order chi connectivity index (χ1) is 11.9. The van der Waals surface area contributed by atoms with Gasteiger partial charge in [0.2, 0.25) is 0 Å². The van der Waals surface area contributed by atoms with E-state index in [-0.39, 0.29) is 18.1 Å². The molecule has 1 unspecified atom stereocenters. The summed E-state index contributed by atoms with van der Waals surface area (Å²) in [7, 11) is 0. The summed E-state index contributed by atoms with van der Waals surface area (Å²) in [5, 5.41) is 9.27. The Balaban J connectivity index is 1.62. The van der Waals surface area contributed by atoms with Crippen molar-refractivity contribution < 1.29 is 9.90 Å². The molecule has 1 aromatic carbocycles. The summed E-state index contributed by atoms with van der Waals surface area (Å²) in [6, 6.07) is 10.0. The van der Waals surface area contributed by atoms with E-state index in [0.717, 1.165) is 37.1 Å². The summed E-state index contributed by atoms with van der Waals surface area (Å²) in [5.41, 5.74) is 2.96. The molecule has 134 valence electrons. The summed E-state index contributed by atoms with van der Waals surface area (Å²) < 4.78 is 2.09. The first kappa shape index (κ1) is 17.7. The fourth-order valence-electron chi connectivity index (χ4n) is 3.49. The zero-order valence-electron chi connectivity index (χ0n) is 15.4. The largest absolute Gasteiger partial charge is 0.392 e. The zero-order valence-corrected chi connectivity index (χ0v) is 15.4. The van der Waals surface area contributed by atoms with Crippen molar-refractivity contribution in [2.75, 3.05) is 13.1 Å². The molecule has 0 saturated carbocycles. The average molecular weight is 340 g/mol. The predicted octanol–water partition coefficient (Wildman–Crippen LogP) is 3.44. The molecule has 4 heteroatoms. The van der Waals surface area contributed by atoms with Crippen LogP contribution in [0.2, 0.25) is 0 Å². The van der Waals surface area contributed by atoms with Crippen LogP contribution in [0.5, 0.6) is 0 Å². The van der Waals surface area contributed by atoms with Gasteiger partial charge in [0.25, 0.3) is 5.91 Å². The maximum Gasteiger partial charge on any atom is 0.255 e. The summed E-state index contributed by atoms with van der Waals surface area (Å²) in [4.78, 5) is 14.7. The number of hydrogen-bond donors (Lipinski definition) is 1. The summed E-state index contributed by atoms with van der Waals surface area (Å²) >= 11 is 0. The molecule has 1 saturated heterocycles. The Kier molecular flexibility index (Phi) is 5.00. The number of aliphatic hydroxyl groups excluding tert-OH is 1. The number of rotatable bonds is 4. The van der Waals surface area contributed by atoms with Gasteiger partial charge in [-0.25, -0.2) is 0 Å². The maximum absolute atomic E-state index is 12.8. The fourth-order valence-corrected chi connectivity index (χ4v) is 3.49. The highest BCUT2D eigenvalue weighted by Gasteiger charge is 2.28. The molecule has 0 bridgehead atoms. The second kappa shape index (κ2) is 7.04. The van der Waals surface area contributed by atoms with Gasteiger partial charge in [-0.3, -0.25) is 4.79 Å². The number of aromatic nitrogens is 1. The molecule has 1 atom stereocenters. The average Bonchev–Trinajstić information content (AvgIpc) is 3.23. The van der Waals surface area contributed by atoms with Crippen molar-refractivity contribution in [1.29, 1.82) is 0 Å². The van der Waals surface area contributed by atoms with Gasteiger partial charge in [-0.1, -0.05) is 24.3 Å². The van der Waals surface area contributed by atoms with Crippen LogP contribution in [0.15, 0.2) is 42.7 Å². The number of nitrogens with zero attached hydrogens (tertiary/aromatic N) is 2. The first-order valence-corrected chi connectivity index (χ1v) is 9.03. The molecule has 1 aliphatic heterocycles. The molecule has 25 heavy (non-hydrogen) atoms. The Labute approximate surface area is 150 Å². The second-order valence-corrected chi connectivity index (χ2v) is 8.07. The smallest absolute Gasteiger partial charge is 0.255 e. The van der Waals surface area contributed by atoms with E-state index in [2.05, 4.69) is 37.5 Å². The van der Waals surface area contributed by atoms with Crippen molar-refractivity contribution in [1.82, 2.24) is 9.47 Å². The quantitative estimate of drug-likeness (QED) is 0.927. The van der Waals surface area contributed by atoms with Gasteiger partial charge in [0.05, 0.1) is 12.2 Å². The SMILES string of the molecule is CC(C)(C)n1ccc(C(=O)N2CCC(Cc3cccc(CO)c3)C2)c1. The topological polar surface area (TPSA) is 45.5 Å². The molecule has 1 aromatic heterocycles. The predicted molar refractivity (Wildman–Crippen MR) is 99.5 cm³/mol. The number of benzene rings is 1. The summed E-state index contributed by atoms with van der Waals surface area (Å²) in [6.07, 6.45) is 5.94. The van der Waals surface area contributed by atoms with Crippen molar-refractivity contribution in [3.63, 3.8) is 0 Å². The number of hydrogen-bond acceptors (Lipinski definition) is 2. The molecule has 3 rings (SSSR count). The number of amides is 1. The van der Waals surface area contributed by atoms with E-state index in [4.69, 9.17) is 0 Å². The van der Waals surface area contributed by atoms with Crippen LogP contribution < -0.4 is 0 Å². The van der Waals surface area contributed by atoms with Crippen molar-refractivity contribution in [2.24, 2.45) is 5.92 Å². The number of aliphatic hydroxyl groups is 1. The molecule has 4 nitrogen and oxygen atoms in total. The minimum Gasteiger partial charge on any atom is -0.392 e. The molecule has 0 aliphatic carbocycles. The van der Waals surface area contributed by atoms with Crippen molar-refractivity contribution >= 4 is 5.91 Å². The monoisotopic (exact) mass is 340 g/mol. The lowest BCUT2D eigenvalue weighted by Gasteiger charge is -2.21. The van der Waals surface area contributed by atoms with Gasteiger partial charge >= 0.3 is 0 Å². The number of carbonyl (C=O) groups is 1. The normalized spacial score (nSPS) is 17.9. The van der Waals surface area contributed by atoms with Crippen LogP contribution in [0.4, 0.5) is 0 Å². The van der Waals surface area contributed by atoms with E-state index in [0.29, 0.717) is 5.92 Å². The van der Waals surface area contributed by atoms with Gasteiger partial charge in [0, 0.05) is 31.0 Å². The third kappa shape index (κ3) is 4.13. The minimum absolute atomic E-state index is 0.0101. The van der Waals surface area contributed by atoms with Crippen LogP contribution >= 0.6 is 0 Å². The summed E-state index contributed by atoms with van der Waals surface area (Å²) in [5.74, 6) is 0.622. The third-order valence-electron chi connectivity index (χ3n) is 4.99. The maximum atomic E-state index is 12.8. The molecule has 0 spiro atoms.